The zero-order valence-corrected chi connectivity index (χ0v) is 12.9. The van der Waals surface area contributed by atoms with E-state index in [9.17, 15) is 4.79 Å². The highest BCUT2D eigenvalue weighted by Crippen LogP contribution is 2.27. The third kappa shape index (κ3) is 3.11. The molecule has 0 radical (unpaired) electrons. The molecule has 0 atom stereocenters. The Hall–Kier alpha value is -2.01. The van der Waals surface area contributed by atoms with Gasteiger partial charge in [-0.25, -0.2) is 0 Å². The molecule has 4 nitrogen and oxygen atoms in total. The minimum absolute atomic E-state index is 0.150. The van der Waals surface area contributed by atoms with E-state index in [4.69, 9.17) is 5.73 Å². The minimum atomic E-state index is -0.150. The third-order valence-corrected chi connectivity index (χ3v) is 3.49. The fraction of sp³-hybridized carbons (Fsp3) is 0.133. The lowest BCUT2D eigenvalue weighted by atomic mass is 10.1. The fourth-order valence-electron chi connectivity index (χ4n) is 1.87. The van der Waals surface area contributed by atoms with Crippen LogP contribution in [0.3, 0.4) is 0 Å². The van der Waals surface area contributed by atoms with Gasteiger partial charge in [-0.2, -0.15) is 0 Å². The van der Waals surface area contributed by atoms with Crippen molar-refractivity contribution in [3.63, 3.8) is 0 Å². The van der Waals surface area contributed by atoms with Crippen molar-refractivity contribution in [2.45, 2.75) is 6.92 Å². The molecule has 0 spiro atoms. The van der Waals surface area contributed by atoms with Gasteiger partial charge in [0.05, 0.1) is 11.4 Å². The molecule has 2 aromatic carbocycles. The molecule has 5 heteroatoms. The van der Waals surface area contributed by atoms with Crippen LogP contribution in [0.1, 0.15) is 15.9 Å². The molecule has 0 aliphatic rings. The molecule has 0 aromatic heterocycles. The highest BCUT2D eigenvalue weighted by molar-refractivity contribution is 9.10. The lowest BCUT2D eigenvalue weighted by Gasteiger charge is -2.13. The number of nitrogens with two attached hydrogens (primary N) is 1. The summed E-state index contributed by atoms with van der Waals surface area (Å²) in [5.41, 5.74) is 9.94. The van der Waals surface area contributed by atoms with Crippen molar-refractivity contribution in [1.82, 2.24) is 5.32 Å². The first-order valence-corrected chi connectivity index (χ1v) is 6.95. The molecule has 0 saturated carbocycles. The zero-order valence-electron chi connectivity index (χ0n) is 11.3. The molecule has 0 saturated heterocycles. The van der Waals surface area contributed by atoms with Gasteiger partial charge in [-0.15, -0.1) is 0 Å². The Morgan fingerprint density at radius 3 is 2.45 bits per heavy atom. The lowest BCUT2D eigenvalue weighted by molar-refractivity contribution is 0.0963. The summed E-state index contributed by atoms with van der Waals surface area (Å²) in [5.74, 6) is -0.150. The van der Waals surface area contributed by atoms with Gasteiger partial charge in [0.2, 0.25) is 0 Å². The minimum Gasteiger partial charge on any atom is -0.397 e. The summed E-state index contributed by atoms with van der Waals surface area (Å²) in [4.78, 5) is 11.5. The molecule has 20 heavy (non-hydrogen) atoms. The maximum absolute atomic E-state index is 11.5. The van der Waals surface area contributed by atoms with Crippen LogP contribution >= 0.6 is 15.9 Å². The van der Waals surface area contributed by atoms with Crippen LogP contribution in [0.4, 0.5) is 17.1 Å². The Bertz CT molecular complexity index is 656. The van der Waals surface area contributed by atoms with Gasteiger partial charge in [0.25, 0.3) is 5.91 Å². The quantitative estimate of drug-likeness (QED) is 0.753. The average molecular weight is 334 g/mol. The zero-order chi connectivity index (χ0) is 14.7. The van der Waals surface area contributed by atoms with Crippen molar-refractivity contribution in [1.29, 1.82) is 0 Å². The fourth-order valence-corrected chi connectivity index (χ4v) is 2.35. The summed E-state index contributed by atoms with van der Waals surface area (Å²) >= 11 is 3.43. The van der Waals surface area contributed by atoms with Gasteiger partial charge in [-0.05, 0) is 48.9 Å². The summed E-state index contributed by atoms with van der Waals surface area (Å²) in [6.07, 6.45) is 0. The normalized spacial score (nSPS) is 10.2. The Kier molecular flexibility index (Phi) is 4.29. The average Bonchev–Trinajstić information content (AvgIpc) is 2.42. The van der Waals surface area contributed by atoms with Crippen LogP contribution in [0, 0.1) is 6.92 Å². The van der Waals surface area contributed by atoms with Crippen LogP contribution in [0.25, 0.3) is 0 Å². The van der Waals surface area contributed by atoms with Crippen molar-refractivity contribution in [2.75, 3.05) is 18.1 Å². The van der Waals surface area contributed by atoms with E-state index in [1.807, 2.05) is 25.1 Å². The first-order chi connectivity index (χ1) is 9.51. The Morgan fingerprint density at radius 2 is 1.85 bits per heavy atom. The molecule has 4 N–H and O–H groups in total. The number of hydrogen-bond acceptors (Lipinski definition) is 3. The maximum atomic E-state index is 11.5. The van der Waals surface area contributed by atoms with E-state index in [-0.39, 0.29) is 5.91 Å². The van der Waals surface area contributed by atoms with Crippen molar-refractivity contribution < 1.29 is 4.79 Å². The number of nitrogen functional groups attached to an aromatic ring is 1. The summed E-state index contributed by atoms with van der Waals surface area (Å²) in [5, 5.41) is 5.85. The van der Waals surface area contributed by atoms with Gasteiger partial charge in [0.15, 0.2) is 0 Å². The summed E-state index contributed by atoms with van der Waals surface area (Å²) in [7, 11) is 1.59. The van der Waals surface area contributed by atoms with E-state index in [1.54, 1.807) is 25.2 Å². The van der Waals surface area contributed by atoms with Crippen LogP contribution < -0.4 is 16.4 Å². The summed E-state index contributed by atoms with van der Waals surface area (Å²) < 4.78 is 1.03. The van der Waals surface area contributed by atoms with Gasteiger partial charge >= 0.3 is 0 Å². The second-order valence-electron chi connectivity index (χ2n) is 4.47. The summed E-state index contributed by atoms with van der Waals surface area (Å²) in [6, 6.07) is 11.2. The van der Waals surface area contributed by atoms with Crippen LogP contribution in [0.2, 0.25) is 0 Å². The van der Waals surface area contributed by atoms with E-state index < -0.39 is 0 Å². The molecule has 1 amide bonds. The first-order valence-electron chi connectivity index (χ1n) is 6.16. The molecule has 0 heterocycles. The number of carbonyl (C=O) groups excluding carboxylic acids is 1. The second-order valence-corrected chi connectivity index (χ2v) is 5.38. The molecule has 2 rings (SSSR count). The predicted molar refractivity (Wildman–Crippen MR) is 86.4 cm³/mol. The number of halogens is 1. The Balaban J connectivity index is 2.28. The largest absolute Gasteiger partial charge is 0.397 e. The standard InChI is InChI=1S/C15H16BrN3O/c1-9-7-11(16)4-6-13(9)19-14-5-3-10(8-12(14)17)15(20)18-2/h3-8,19H,17H2,1-2H3,(H,18,20). The van der Waals surface area contributed by atoms with Gasteiger partial charge in [0, 0.05) is 22.8 Å². The number of aryl methyl sites for hydroxylation is 1. The molecular formula is C15H16BrN3O. The van der Waals surface area contributed by atoms with Gasteiger partial charge in [0.1, 0.15) is 0 Å². The number of benzene rings is 2. The van der Waals surface area contributed by atoms with Gasteiger partial charge in [-0.1, -0.05) is 15.9 Å². The predicted octanol–water partition coefficient (Wildman–Crippen LogP) is 3.44. The molecule has 0 aliphatic heterocycles. The molecule has 2 aromatic rings. The molecule has 0 unspecified atom stereocenters. The van der Waals surface area contributed by atoms with Crippen molar-refractivity contribution >= 4 is 38.9 Å². The first kappa shape index (κ1) is 14.4. The number of anilines is 3. The van der Waals surface area contributed by atoms with E-state index >= 15 is 0 Å². The Labute approximate surface area is 126 Å². The molecule has 0 bridgehead atoms. The van der Waals surface area contributed by atoms with E-state index in [2.05, 4.69) is 26.6 Å². The van der Waals surface area contributed by atoms with E-state index in [0.717, 1.165) is 21.4 Å². The van der Waals surface area contributed by atoms with Crippen molar-refractivity contribution in [3.8, 4) is 0 Å². The molecule has 104 valence electrons. The van der Waals surface area contributed by atoms with Crippen molar-refractivity contribution in [2.24, 2.45) is 0 Å². The smallest absolute Gasteiger partial charge is 0.251 e. The topological polar surface area (TPSA) is 67.2 Å². The maximum Gasteiger partial charge on any atom is 0.251 e. The number of carbonyl (C=O) groups is 1. The molecule has 0 aliphatic carbocycles. The monoisotopic (exact) mass is 333 g/mol. The molecular weight excluding hydrogens is 318 g/mol. The van der Waals surface area contributed by atoms with Crippen LogP contribution in [0.5, 0.6) is 0 Å². The second kappa shape index (κ2) is 5.96. The van der Waals surface area contributed by atoms with Gasteiger partial charge in [-0.3, -0.25) is 4.79 Å². The van der Waals surface area contributed by atoms with Crippen LogP contribution in [0.15, 0.2) is 40.9 Å². The third-order valence-electron chi connectivity index (χ3n) is 3.00. The van der Waals surface area contributed by atoms with Crippen LogP contribution in [-0.2, 0) is 0 Å². The highest BCUT2D eigenvalue weighted by Gasteiger charge is 2.07. The SMILES string of the molecule is CNC(=O)c1ccc(Nc2ccc(Br)cc2C)c(N)c1. The lowest BCUT2D eigenvalue weighted by Crippen LogP contribution is -2.18. The van der Waals surface area contributed by atoms with E-state index in [0.29, 0.717) is 11.3 Å². The summed E-state index contributed by atoms with van der Waals surface area (Å²) in [6.45, 7) is 2.02. The van der Waals surface area contributed by atoms with Gasteiger partial charge < -0.3 is 16.4 Å². The molecule has 0 fully saturated rings. The Morgan fingerprint density at radius 1 is 1.15 bits per heavy atom. The highest BCUT2D eigenvalue weighted by atomic mass is 79.9. The number of rotatable bonds is 3. The number of nitrogens with one attached hydrogen (secondary N) is 2. The van der Waals surface area contributed by atoms with Crippen molar-refractivity contribution in [3.05, 3.63) is 52.0 Å². The van der Waals surface area contributed by atoms with Crippen LogP contribution in [-0.4, -0.2) is 13.0 Å². The number of amides is 1. The number of hydrogen-bond donors (Lipinski definition) is 3. The van der Waals surface area contributed by atoms with E-state index in [1.165, 1.54) is 0 Å².